The predicted molar refractivity (Wildman–Crippen MR) is 78.4 cm³/mol. The van der Waals surface area contributed by atoms with Crippen LogP contribution in [0.4, 0.5) is 4.39 Å². The van der Waals surface area contributed by atoms with Gasteiger partial charge in [0.1, 0.15) is 5.82 Å². The molecule has 0 radical (unpaired) electrons. The summed E-state index contributed by atoms with van der Waals surface area (Å²) < 4.78 is 13.4. The third-order valence-electron chi connectivity index (χ3n) is 3.99. The second-order valence-electron chi connectivity index (χ2n) is 5.60. The van der Waals surface area contributed by atoms with Crippen molar-refractivity contribution in [2.45, 2.75) is 32.7 Å². The van der Waals surface area contributed by atoms with E-state index in [0.29, 0.717) is 30.1 Å². The Labute approximate surface area is 123 Å². The summed E-state index contributed by atoms with van der Waals surface area (Å²) in [5.41, 5.74) is 6.56. The van der Waals surface area contributed by atoms with Crippen molar-refractivity contribution in [1.82, 2.24) is 4.90 Å². The molecule has 1 aromatic carbocycles. The van der Waals surface area contributed by atoms with Gasteiger partial charge in [0, 0.05) is 19.1 Å². The largest absolute Gasteiger partial charge is 0.334 e. The standard InChI is InChI=1S/C15H20ClFN2O/c1-9-3-4-19(11(5-9)8-18)15(20)12-6-10(2)14(17)7-13(12)16/h6-7,9,11H,3-5,8,18H2,1-2H3. The van der Waals surface area contributed by atoms with Crippen molar-refractivity contribution in [2.24, 2.45) is 11.7 Å². The lowest BCUT2D eigenvalue weighted by Gasteiger charge is -2.38. The molecule has 0 aromatic heterocycles. The van der Waals surface area contributed by atoms with Crippen LogP contribution in [0.1, 0.15) is 35.7 Å². The van der Waals surface area contributed by atoms with Gasteiger partial charge in [0.2, 0.25) is 0 Å². The molecule has 20 heavy (non-hydrogen) atoms. The molecule has 1 aliphatic rings. The second kappa shape index (κ2) is 6.10. The topological polar surface area (TPSA) is 46.3 Å². The summed E-state index contributed by atoms with van der Waals surface area (Å²) in [7, 11) is 0. The Morgan fingerprint density at radius 2 is 2.25 bits per heavy atom. The van der Waals surface area contributed by atoms with Gasteiger partial charge in [-0.05, 0) is 43.4 Å². The molecule has 1 fully saturated rings. The van der Waals surface area contributed by atoms with Gasteiger partial charge in [-0.2, -0.15) is 0 Å². The molecule has 0 aliphatic carbocycles. The highest BCUT2D eigenvalue weighted by Crippen LogP contribution is 2.27. The minimum absolute atomic E-state index is 0.0349. The van der Waals surface area contributed by atoms with E-state index < -0.39 is 5.82 Å². The Bertz CT molecular complexity index is 521. The molecule has 0 spiro atoms. The summed E-state index contributed by atoms with van der Waals surface area (Å²) in [5, 5.41) is 0.160. The van der Waals surface area contributed by atoms with Crippen LogP contribution in [0.15, 0.2) is 12.1 Å². The van der Waals surface area contributed by atoms with E-state index in [9.17, 15) is 9.18 Å². The summed E-state index contributed by atoms with van der Waals surface area (Å²) in [4.78, 5) is 14.4. The van der Waals surface area contributed by atoms with Crippen molar-refractivity contribution in [3.05, 3.63) is 34.1 Å². The molecule has 1 heterocycles. The average Bonchev–Trinajstić information content (AvgIpc) is 2.42. The van der Waals surface area contributed by atoms with Crippen molar-refractivity contribution in [3.63, 3.8) is 0 Å². The Morgan fingerprint density at radius 1 is 1.55 bits per heavy atom. The predicted octanol–water partition coefficient (Wildman–Crippen LogP) is 2.99. The number of hydrogen-bond donors (Lipinski definition) is 1. The number of carbonyl (C=O) groups is 1. The zero-order valence-electron chi connectivity index (χ0n) is 11.8. The molecule has 110 valence electrons. The molecule has 2 unspecified atom stereocenters. The van der Waals surface area contributed by atoms with Crippen molar-refractivity contribution < 1.29 is 9.18 Å². The monoisotopic (exact) mass is 298 g/mol. The lowest BCUT2D eigenvalue weighted by atomic mass is 9.91. The lowest BCUT2D eigenvalue weighted by Crippen LogP contribution is -2.49. The first-order valence-corrected chi connectivity index (χ1v) is 7.28. The van der Waals surface area contributed by atoms with Crippen LogP contribution in [0, 0.1) is 18.7 Å². The van der Waals surface area contributed by atoms with Crippen molar-refractivity contribution >= 4 is 17.5 Å². The highest BCUT2D eigenvalue weighted by atomic mass is 35.5. The van der Waals surface area contributed by atoms with Crippen molar-refractivity contribution in [1.29, 1.82) is 0 Å². The number of rotatable bonds is 2. The van der Waals surface area contributed by atoms with Crippen LogP contribution in [-0.2, 0) is 0 Å². The molecule has 5 heteroatoms. The molecule has 3 nitrogen and oxygen atoms in total. The minimum Gasteiger partial charge on any atom is -0.334 e. The maximum absolute atomic E-state index is 13.4. The third kappa shape index (κ3) is 2.96. The van der Waals surface area contributed by atoms with Gasteiger partial charge < -0.3 is 10.6 Å². The van der Waals surface area contributed by atoms with E-state index in [2.05, 4.69) is 6.92 Å². The fraction of sp³-hybridized carbons (Fsp3) is 0.533. The van der Waals surface area contributed by atoms with Crippen LogP contribution in [-0.4, -0.2) is 29.9 Å². The summed E-state index contributed by atoms with van der Waals surface area (Å²) >= 11 is 6.02. The van der Waals surface area contributed by atoms with Gasteiger partial charge in [-0.1, -0.05) is 18.5 Å². The maximum Gasteiger partial charge on any atom is 0.255 e. The van der Waals surface area contributed by atoms with Crippen LogP contribution >= 0.6 is 11.6 Å². The third-order valence-corrected chi connectivity index (χ3v) is 4.30. The Balaban J connectivity index is 2.28. The SMILES string of the molecule is Cc1cc(C(=O)N2CCC(C)CC2CN)c(Cl)cc1F. The quantitative estimate of drug-likeness (QED) is 0.912. The normalized spacial score (nSPS) is 22.9. The first-order chi connectivity index (χ1) is 9.43. The summed E-state index contributed by atoms with van der Waals surface area (Å²) in [5.74, 6) is 0.0210. The molecule has 1 aromatic rings. The van der Waals surface area contributed by atoms with E-state index in [0.717, 1.165) is 12.8 Å². The molecule has 0 saturated carbocycles. The Kier molecular flexibility index (Phi) is 4.66. The highest BCUT2D eigenvalue weighted by molar-refractivity contribution is 6.33. The first kappa shape index (κ1) is 15.3. The molecule has 2 rings (SSSR count). The molecule has 2 N–H and O–H groups in total. The zero-order valence-corrected chi connectivity index (χ0v) is 12.6. The highest BCUT2D eigenvalue weighted by Gasteiger charge is 2.30. The number of carbonyl (C=O) groups excluding carboxylic acids is 1. The van der Waals surface area contributed by atoms with E-state index in [1.807, 2.05) is 0 Å². The molecule has 2 atom stereocenters. The number of halogens is 2. The van der Waals surface area contributed by atoms with E-state index >= 15 is 0 Å². The number of piperidine rings is 1. The van der Waals surface area contributed by atoms with E-state index in [-0.39, 0.29) is 17.0 Å². The van der Waals surface area contributed by atoms with Gasteiger partial charge in [-0.15, -0.1) is 0 Å². The van der Waals surface area contributed by atoms with E-state index in [4.69, 9.17) is 17.3 Å². The zero-order chi connectivity index (χ0) is 14.9. The molecule has 0 bridgehead atoms. The molecule has 1 amide bonds. The molecular formula is C15H20ClFN2O. The van der Waals surface area contributed by atoms with Crippen LogP contribution in [0.3, 0.4) is 0 Å². The Hall–Kier alpha value is -1.13. The average molecular weight is 299 g/mol. The smallest absolute Gasteiger partial charge is 0.255 e. The minimum atomic E-state index is -0.394. The van der Waals surface area contributed by atoms with E-state index in [1.165, 1.54) is 12.1 Å². The van der Waals surface area contributed by atoms with Gasteiger partial charge >= 0.3 is 0 Å². The van der Waals surface area contributed by atoms with Crippen LogP contribution in [0.25, 0.3) is 0 Å². The fourth-order valence-corrected chi connectivity index (χ4v) is 2.95. The number of benzene rings is 1. The Morgan fingerprint density at radius 3 is 2.90 bits per heavy atom. The number of nitrogens with two attached hydrogens (primary N) is 1. The molecular weight excluding hydrogens is 279 g/mol. The number of amides is 1. The van der Waals surface area contributed by atoms with Crippen molar-refractivity contribution in [3.8, 4) is 0 Å². The number of hydrogen-bond acceptors (Lipinski definition) is 2. The fourth-order valence-electron chi connectivity index (χ4n) is 2.72. The van der Waals surface area contributed by atoms with Gasteiger partial charge in [0.15, 0.2) is 0 Å². The van der Waals surface area contributed by atoms with Gasteiger partial charge in [0.25, 0.3) is 5.91 Å². The van der Waals surface area contributed by atoms with Gasteiger partial charge in [-0.3, -0.25) is 4.79 Å². The lowest BCUT2D eigenvalue weighted by molar-refractivity contribution is 0.0573. The van der Waals surface area contributed by atoms with Gasteiger partial charge in [-0.25, -0.2) is 4.39 Å². The molecule has 1 aliphatic heterocycles. The summed E-state index contributed by atoms with van der Waals surface area (Å²) in [6.07, 6.45) is 1.86. The summed E-state index contributed by atoms with van der Waals surface area (Å²) in [6.45, 7) is 4.91. The summed E-state index contributed by atoms with van der Waals surface area (Å²) in [6, 6.07) is 2.76. The first-order valence-electron chi connectivity index (χ1n) is 6.90. The number of likely N-dealkylation sites (tertiary alicyclic amines) is 1. The number of aryl methyl sites for hydroxylation is 1. The second-order valence-corrected chi connectivity index (χ2v) is 6.01. The maximum atomic E-state index is 13.4. The number of nitrogens with zero attached hydrogens (tertiary/aromatic N) is 1. The van der Waals surface area contributed by atoms with Crippen molar-refractivity contribution in [2.75, 3.05) is 13.1 Å². The van der Waals surface area contributed by atoms with Gasteiger partial charge in [0.05, 0.1) is 10.6 Å². The van der Waals surface area contributed by atoms with Crippen LogP contribution in [0.5, 0.6) is 0 Å². The van der Waals surface area contributed by atoms with Crippen LogP contribution in [0.2, 0.25) is 5.02 Å². The van der Waals surface area contributed by atoms with Crippen LogP contribution < -0.4 is 5.73 Å². The van der Waals surface area contributed by atoms with E-state index in [1.54, 1.807) is 11.8 Å². The molecule has 1 saturated heterocycles.